The molecule has 1 N–H and O–H groups in total. The number of halogens is 2. The van der Waals surface area contributed by atoms with Crippen molar-refractivity contribution in [2.45, 2.75) is 13.0 Å². The molecule has 0 spiro atoms. The van der Waals surface area contributed by atoms with Crippen molar-refractivity contribution < 1.29 is 13.6 Å². The summed E-state index contributed by atoms with van der Waals surface area (Å²) in [6.45, 7) is 4.80. The third kappa shape index (κ3) is 4.33. The van der Waals surface area contributed by atoms with Crippen LogP contribution in [0.5, 0.6) is 0 Å². The van der Waals surface area contributed by atoms with E-state index in [-0.39, 0.29) is 17.8 Å². The minimum atomic E-state index is -0.711. The molecular formula is C19H21F2N3O. The molecule has 1 fully saturated rings. The molecule has 3 rings (SSSR count). The zero-order valence-electron chi connectivity index (χ0n) is 14.1. The van der Waals surface area contributed by atoms with Gasteiger partial charge in [-0.25, -0.2) is 13.6 Å². The number of amides is 2. The molecule has 2 aromatic carbocycles. The van der Waals surface area contributed by atoms with Gasteiger partial charge < -0.3 is 10.2 Å². The van der Waals surface area contributed by atoms with Crippen molar-refractivity contribution in [3.63, 3.8) is 0 Å². The molecule has 0 radical (unpaired) electrons. The van der Waals surface area contributed by atoms with Crippen LogP contribution in [-0.2, 0) is 0 Å². The minimum Gasteiger partial charge on any atom is -0.322 e. The number of hydrogen-bond acceptors (Lipinski definition) is 2. The van der Waals surface area contributed by atoms with Crippen molar-refractivity contribution in [2.24, 2.45) is 0 Å². The monoisotopic (exact) mass is 345 g/mol. The van der Waals surface area contributed by atoms with Crippen LogP contribution in [0.4, 0.5) is 19.3 Å². The highest BCUT2D eigenvalue weighted by molar-refractivity contribution is 5.89. The quantitative estimate of drug-likeness (QED) is 0.916. The Morgan fingerprint density at radius 3 is 2.20 bits per heavy atom. The first-order valence-corrected chi connectivity index (χ1v) is 8.34. The molecule has 132 valence electrons. The van der Waals surface area contributed by atoms with E-state index in [1.54, 1.807) is 4.90 Å². The second-order valence-electron chi connectivity index (χ2n) is 6.20. The molecule has 4 nitrogen and oxygen atoms in total. The van der Waals surface area contributed by atoms with Gasteiger partial charge in [0, 0.05) is 44.0 Å². The molecule has 2 amide bonds. The molecule has 1 atom stereocenters. The van der Waals surface area contributed by atoms with E-state index in [1.165, 1.54) is 5.56 Å². The van der Waals surface area contributed by atoms with Crippen molar-refractivity contribution in [1.29, 1.82) is 0 Å². The summed E-state index contributed by atoms with van der Waals surface area (Å²) in [4.78, 5) is 16.3. The number of carbonyl (C=O) groups is 1. The van der Waals surface area contributed by atoms with Crippen molar-refractivity contribution in [3.05, 3.63) is 65.7 Å². The van der Waals surface area contributed by atoms with Gasteiger partial charge in [0.05, 0.1) is 0 Å². The first-order chi connectivity index (χ1) is 12.0. The minimum absolute atomic E-state index is 0.127. The Balaban J connectivity index is 1.55. The maximum atomic E-state index is 13.2. The van der Waals surface area contributed by atoms with E-state index in [1.807, 2.05) is 18.2 Å². The van der Waals surface area contributed by atoms with Gasteiger partial charge in [-0.2, -0.15) is 0 Å². The third-order valence-electron chi connectivity index (χ3n) is 4.54. The van der Waals surface area contributed by atoms with Crippen LogP contribution in [0.1, 0.15) is 18.5 Å². The Labute approximate surface area is 146 Å². The molecule has 1 unspecified atom stereocenters. The molecule has 1 saturated heterocycles. The number of nitrogens with zero attached hydrogens (tertiary/aromatic N) is 2. The van der Waals surface area contributed by atoms with E-state index >= 15 is 0 Å². The second kappa shape index (κ2) is 7.61. The molecule has 1 aliphatic rings. The highest BCUT2D eigenvalue weighted by Crippen LogP contribution is 2.21. The van der Waals surface area contributed by atoms with Crippen molar-refractivity contribution in [3.8, 4) is 0 Å². The Morgan fingerprint density at radius 2 is 1.60 bits per heavy atom. The molecule has 0 saturated carbocycles. The summed E-state index contributed by atoms with van der Waals surface area (Å²) in [6.07, 6.45) is 0. The Bertz CT molecular complexity index is 710. The summed E-state index contributed by atoms with van der Waals surface area (Å²) in [5.74, 6) is -1.42. The lowest BCUT2D eigenvalue weighted by Crippen LogP contribution is -2.50. The van der Waals surface area contributed by atoms with Crippen LogP contribution in [0.15, 0.2) is 48.5 Å². The molecule has 1 heterocycles. The third-order valence-corrected chi connectivity index (χ3v) is 4.54. The molecule has 0 aromatic heterocycles. The van der Waals surface area contributed by atoms with Crippen molar-refractivity contribution in [1.82, 2.24) is 9.80 Å². The first-order valence-electron chi connectivity index (χ1n) is 8.34. The molecule has 2 aromatic rings. The molecule has 25 heavy (non-hydrogen) atoms. The summed E-state index contributed by atoms with van der Waals surface area (Å²) in [5, 5.41) is 2.56. The molecule has 6 heteroatoms. The normalized spacial score (nSPS) is 16.5. The number of hydrogen-bond donors (Lipinski definition) is 1. The lowest BCUT2D eigenvalue weighted by atomic mass is 10.1. The zero-order valence-corrected chi connectivity index (χ0v) is 14.1. The van der Waals surface area contributed by atoms with Gasteiger partial charge in [-0.3, -0.25) is 4.90 Å². The maximum Gasteiger partial charge on any atom is 0.321 e. The van der Waals surface area contributed by atoms with E-state index in [2.05, 4.69) is 29.3 Å². The fourth-order valence-corrected chi connectivity index (χ4v) is 3.08. The predicted octanol–water partition coefficient (Wildman–Crippen LogP) is 3.88. The zero-order chi connectivity index (χ0) is 17.8. The van der Waals surface area contributed by atoms with Crippen LogP contribution in [0.3, 0.4) is 0 Å². The standard InChI is InChI=1S/C19H21F2N3O/c1-14(15-5-3-2-4-6-15)23-7-9-24(10-8-23)19(25)22-18-12-16(20)11-17(21)13-18/h2-6,11-14H,7-10H2,1H3,(H,22,25). The molecule has 0 aliphatic carbocycles. The van der Waals surface area contributed by atoms with Gasteiger partial charge in [-0.05, 0) is 24.6 Å². The summed E-state index contributed by atoms with van der Waals surface area (Å²) in [6, 6.07) is 13.2. The van der Waals surface area contributed by atoms with Crippen molar-refractivity contribution in [2.75, 3.05) is 31.5 Å². The topological polar surface area (TPSA) is 35.6 Å². The van der Waals surface area contributed by atoms with Gasteiger partial charge in [0.1, 0.15) is 11.6 Å². The van der Waals surface area contributed by atoms with Crippen LogP contribution < -0.4 is 5.32 Å². The fraction of sp³-hybridized carbons (Fsp3) is 0.316. The van der Waals surface area contributed by atoms with E-state index in [9.17, 15) is 13.6 Å². The number of nitrogens with one attached hydrogen (secondary N) is 1. The van der Waals surface area contributed by atoms with Gasteiger partial charge in [0.25, 0.3) is 0 Å². The van der Waals surface area contributed by atoms with Crippen LogP contribution in [0.25, 0.3) is 0 Å². The predicted molar refractivity (Wildman–Crippen MR) is 93.4 cm³/mol. The Kier molecular flexibility index (Phi) is 5.28. The van der Waals surface area contributed by atoms with Gasteiger partial charge in [0.15, 0.2) is 0 Å². The van der Waals surface area contributed by atoms with Crippen LogP contribution in [0, 0.1) is 11.6 Å². The second-order valence-corrected chi connectivity index (χ2v) is 6.20. The van der Waals surface area contributed by atoms with Gasteiger partial charge in [0.2, 0.25) is 0 Å². The number of carbonyl (C=O) groups excluding carboxylic acids is 1. The van der Waals surface area contributed by atoms with Gasteiger partial charge in [-0.15, -0.1) is 0 Å². The van der Waals surface area contributed by atoms with Gasteiger partial charge >= 0.3 is 6.03 Å². The van der Waals surface area contributed by atoms with E-state index < -0.39 is 11.6 Å². The maximum absolute atomic E-state index is 13.2. The number of benzene rings is 2. The van der Waals surface area contributed by atoms with E-state index in [0.29, 0.717) is 13.1 Å². The van der Waals surface area contributed by atoms with Crippen LogP contribution in [0.2, 0.25) is 0 Å². The summed E-state index contributed by atoms with van der Waals surface area (Å²) in [7, 11) is 0. The largest absolute Gasteiger partial charge is 0.322 e. The Hall–Kier alpha value is -2.47. The van der Waals surface area contributed by atoms with E-state index in [0.717, 1.165) is 31.3 Å². The SMILES string of the molecule is CC(c1ccccc1)N1CCN(C(=O)Nc2cc(F)cc(F)c2)CC1. The summed E-state index contributed by atoms with van der Waals surface area (Å²) < 4.78 is 26.4. The number of piperazine rings is 1. The molecule has 1 aliphatic heterocycles. The molecular weight excluding hydrogens is 324 g/mol. The fourth-order valence-electron chi connectivity index (χ4n) is 3.08. The Morgan fingerprint density at radius 1 is 1.00 bits per heavy atom. The lowest BCUT2D eigenvalue weighted by molar-refractivity contribution is 0.119. The highest BCUT2D eigenvalue weighted by atomic mass is 19.1. The molecule has 0 bridgehead atoms. The lowest BCUT2D eigenvalue weighted by Gasteiger charge is -2.38. The number of urea groups is 1. The summed E-state index contributed by atoms with van der Waals surface area (Å²) in [5.41, 5.74) is 1.37. The number of anilines is 1. The van der Waals surface area contributed by atoms with Crippen LogP contribution >= 0.6 is 0 Å². The first kappa shape index (κ1) is 17.4. The van der Waals surface area contributed by atoms with Gasteiger partial charge in [-0.1, -0.05) is 30.3 Å². The van der Waals surface area contributed by atoms with E-state index in [4.69, 9.17) is 0 Å². The number of rotatable bonds is 3. The average molecular weight is 345 g/mol. The summed E-state index contributed by atoms with van der Waals surface area (Å²) >= 11 is 0. The smallest absolute Gasteiger partial charge is 0.321 e. The van der Waals surface area contributed by atoms with Crippen LogP contribution in [-0.4, -0.2) is 42.0 Å². The highest BCUT2D eigenvalue weighted by Gasteiger charge is 2.24. The average Bonchev–Trinajstić information content (AvgIpc) is 2.61. The van der Waals surface area contributed by atoms with Crippen molar-refractivity contribution >= 4 is 11.7 Å².